The Labute approximate surface area is 74.2 Å². The standard InChI is InChI=1S/C7H7ClN4/c1-4-9-6(8)3-7-11-10-5(2)12(4)7/h3H,1-2H3. The van der Waals surface area contributed by atoms with E-state index in [4.69, 9.17) is 11.6 Å². The second-order valence-electron chi connectivity index (χ2n) is 2.57. The van der Waals surface area contributed by atoms with Gasteiger partial charge in [0.2, 0.25) is 0 Å². The van der Waals surface area contributed by atoms with Gasteiger partial charge in [-0.15, -0.1) is 10.2 Å². The average Bonchev–Trinajstić information content (AvgIpc) is 2.31. The number of hydrogen-bond acceptors (Lipinski definition) is 3. The van der Waals surface area contributed by atoms with Crippen molar-refractivity contribution >= 4 is 17.2 Å². The van der Waals surface area contributed by atoms with Gasteiger partial charge >= 0.3 is 0 Å². The lowest BCUT2D eigenvalue weighted by molar-refractivity contribution is 0.929. The number of aryl methyl sites for hydroxylation is 2. The summed E-state index contributed by atoms with van der Waals surface area (Å²) in [5, 5.41) is 8.29. The Hall–Kier alpha value is -1.16. The highest BCUT2D eigenvalue weighted by Gasteiger charge is 2.04. The molecule has 0 saturated heterocycles. The van der Waals surface area contributed by atoms with E-state index in [1.165, 1.54) is 0 Å². The molecule has 0 amide bonds. The maximum Gasteiger partial charge on any atom is 0.165 e. The SMILES string of the molecule is Cc1nnc2cc(Cl)nc(C)n12. The van der Waals surface area contributed by atoms with Crippen molar-refractivity contribution < 1.29 is 0 Å². The molecular formula is C7H7ClN4. The molecule has 0 aliphatic carbocycles. The zero-order valence-corrected chi connectivity index (χ0v) is 7.50. The average molecular weight is 183 g/mol. The van der Waals surface area contributed by atoms with Gasteiger partial charge in [-0.25, -0.2) is 4.98 Å². The molecule has 5 heteroatoms. The van der Waals surface area contributed by atoms with Crippen LogP contribution in [0.15, 0.2) is 6.07 Å². The summed E-state index contributed by atoms with van der Waals surface area (Å²) in [6, 6.07) is 1.69. The van der Waals surface area contributed by atoms with Crippen LogP contribution in [0.1, 0.15) is 11.6 Å². The monoisotopic (exact) mass is 182 g/mol. The van der Waals surface area contributed by atoms with Crippen LogP contribution in [0.25, 0.3) is 5.65 Å². The van der Waals surface area contributed by atoms with Gasteiger partial charge in [0.25, 0.3) is 0 Å². The molecule has 12 heavy (non-hydrogen) atoms. The van der Waals surface area contributed by atoms with Crippen LogP contribution in [0.5, 0.6) is 0 Å². The molecule has 0 bridgehead atoms. The zero-order chi connectivity index (χ0) is 8.72. The van der Waals surface area contributed by atoms with E-state index < -0.39 is 0 Å². The second-order valence-corrected chi connectivity index (χ2v) is 2.95. The number of aromatic nitrogens is 4. The molecule has 0 radical (unpaired) electrons. The van der Waals surface area contributed by atoms with Gasteiger partial charge in [-0.3, -0.25) is 4.40 Å². The van der Waals surface area contributed by atoms with Crippen LogP contribution in [0.4, 0.5) is 0 Å². The zero-order valence-electron chi connectivity index (χ0n) is 6.74. The fourth-order valence-electron chi connectivity index (χ4n) is 1.22. The molecule has 0 aliphatic rings. The Bertz CT molecular complexity index is 434. The fraction of sp³-hybridized carbons (Fsp3) is 0.286. The lowest BCUT2D eigenvalue weighted by atomic mass is 10.5. The minimum Gasteiger partial charge on any atom is -0.267 e. The van der Waals surface area contributed by atoms with Crippen LogP contribution >= 0.6 is 11.6 Å². The Morgan fingerprint density at radius 2 is 2.00 bits per heavy atom. The van der Waals surface area contributed by atoms with Crippen molar-refractivity contribution in [2.45, 2.75) is 13.8 Å². The summed E-state index contributed by atoms with van der Waals surface area (Å²) in [5.41, 5.74) is 0.741. The highest BCUT2D eigenvalue weighted by molar-refractivity contribution is 6.29. The van der Waals surface area contributed by atoms with E-state index in [2.05, 4.69) is 15.2 Å². The molecular weight excluding hydrogens is 176 g/mol. The van der Waals surface area contributed by atoms with Crippen molar-refractivity contribution in [3.63, 3.8) is 0 Å². The number of fused-ring (bicyclic) bond motifs is 1. The summed E-state index contributed by atoms with van der Waals surface area (Å²) >= 11 is 5.74. The van der Waals surface area contributed by atoms with Gasteiger partial charge in [0.1, 0.15) is 16.8 Å². The summed E-state index contributed by atoms with van der Waals surface area (Å²) in [4.78, 5) is 4.08. The summed E-state index contributed by atoms with van der Waals surface area (Å²) in [6.45, 7) is 3.75. The first kappa shape index (κ1) is 7.49. The predicted molar refractivity (Wildman–Crippen MR) is 45.3 cm³/mol. The molecule has 62 valence electrons. The van der Waals surface area contributed by atoms with Crippen LogP contribution < -0.4 is 0 Å². The molecule has 0 N–H and O–H groups in total. The van der Waals surface area contributed by atoms with Crippen LogP contribution in [0.3, 0.4) is 0 Å². The molecule has 2 rings (SSSR count). The lowest BCUT2D eigenvalue weighted by Gasteiger charge is -1.98. The van der Waals surface area contributed by atoms with Crippen molar-refractivity contribution in [2.75, 3.05) is 0 Å². The highest BCUT2D eigenvalue weighted by atomic mass is 35.5. The van der Waals surface area contributed by atoms with E-state index in [9.17, 15) is 0 Å². The van der Waals surface area contributed by atoms with Gasteiger partial charge in [0.15, 0.2) is 5.65 Å². The largest absolute Gasteiger partial charge is 0.267 e. The maximum atomic E-state index is 5.74. The molecule has 2 aromatic rings. The molecule has 0 spiro atoms. The molecule has 0 aliphatic heterocycles. The number of hydrogen-bond donors (Lipinski definition) is 0. The van der Waals surface area contributed by atoms with Crippen molar-refractivity contribution in [2.24, 2.45) is 0 Å². The Balaban J connectivity index is 2.93. The molecule has 0 aromatic carbocycles. The molecule has 0 unspecified atom stereocenters. The van der Waals surface area contributed by atoms with Gasteiger partial charge < -0.3 is 0 Å². The van der Waals surface area contributed by atoms with Crippen molar-refractivity contribution in [3.05, 3.63) is 22.9 Å². The van der Waals surface area contributed by atoms with Crippen molar-refractivity contribution in [1.29, 1.82) is 0 Å². The van der Waals surface area contributed by atoms with E-state index in [1.807, 2.05) is 18.2 Å². The van der Waals surface area contributed by atoms with E-state index >= 15 is 0 Å². The summed E-state index contributed by atoms with van der Waals surface area (Å²) in [7, 11) is 0. The summed E-state index contributed by atoms with van der Waals surface area (Å²) < 4.78 is 1.85. The van der Waals surface area contributed by atoms with Gasteiger partial charge in [-0.1, -0.05) is 11.6 Å². The van der Waals surface area contributed by atoms with Crippen molar-refractivity contribution in [1.82, 2.24) is 19.6 Å². The minimum absolute atomic E-state index is 0.451. The molecule has 2 aromatic heterocycles. The van der Waals surface area contributed by atoms with Crippen LogP contribution in [-0.2, 0) is 0 Å². The van der Waals surface area contributed by atoms with Gasteiger partial charge in [-0.2, -0.15) is 0 Å². The first-order chi connectivity index (χ1) is 5.68. The number of halogens is 1. The van der Waals surface area contributed by atoms with Crippen LogP contribution in [-0.4, -0.2) is 19.6 Å². The lowest BCUT2D eigenvalue weighted by Crippen LogP contribution is -1.97. The number of nitrogens with zero attached hydrogens (tertiary/aromatic N) is 4. The molecule has 4 nitrogen and oxygen atoms in total. The first-order valence-electron chi connectivity index (χ1n) is 3.53. The van der Waals surface area contributed by atoms with E-state index in [0.717, 1.165) is 17.3 Å². The highest BCUT2D eigenvalue weighted by Crippen LogP contribution is 2.11. The topological polar surface area (TPSA) is 43.1 Å². The molecule has 0 saturated carbocycles. The Kier molecular flexibility index (Phi) is 1.51. The Morgan fingerprint density at radius 1 is 1.25 bits per heavy atom. The van der Waals surface area contributed by atoms with E-state index in [-0.39, 0.29) is 0 Å². The number of rotatable bonds is 0. The molecule has 0 atom stereocenters. The predicted octanol–water partition coefficient (Wildman–Crippen LogP) is 1.39. The third-order valence-corrected chi connectivity index (χ3v) is 1.88. The quantitative estimate of drug-likeness (QED) is 0.579. The maximum absolute atomic E-state index is 5.74. The summed E-state index contributed by atoms with van der Waals surface area (Å²) in [5.74, 6) is 1.63. The third-order valence-electron chi connectivity index (χ3n) is 1.69. The third kappa shape index (κ3) is 0.956. The van der Waals surface area contributed by atoms with Gasteiger partial charge in [0.05, 0.1) is 0 Å². The van der Waals surface area contributed by atoms with E-state index in [0.29, 0.717) is 5.15 Å². The van der Waals surface area contributed by atoms with Gasteiger partial charge in [0, 0.05) is 6.07 Å². The first-order valence-corrected chi connectivity index (χ1v) is 3.91. The van der Waals surface area contributed by atoms with Crippen molar-refractivity contribution in [3.8, 4) is 0 Å². The smallest absolute Gasteiger partial charge is 0.165 e. The molecule has 2 heterocycles. The van der Waals surface area contributed by atoms with Crippen LogP contribution in [0.2, 0.25) is 5.15 Å². The normalized spacial score (nSPS) is 10.9. The molecule has 0 fully saturated rings. The minimum atomic E-state index is 0.451. The Morgan fingerprint density at radius 3 is 2.75 bits per heavy atom. The van der Waals surface area contributed by atoms with Crippen LogP contribution in [0, 0.1) is 13.8 Å². The van der Waals surface area contributed by atoms with E-state index in [1.54, 1.807) is 6.07 Å². The summed E-state index contributed by atoms with van der Waals surface area (Å²) in [6.07, 6.45) is 0. The van der Waals surface area contributed by atoms with Gasteiger partial charge in [-0.05, 0) is 13.8 Å². The second kappa shape index (κ2) is 2.42. The fourth-order valence-corrected chi connectivity index (χ4v) is 1.44.